The standard InChI is InChI=1S/C15H28N4/c1-5-19-13(4)17-18-15(19)10-16-12(3)14-8-6-7-11(2)9-14/h11-12,14,16H,5-10H2,1-4H3. The van der Waals surface area contributed by atoms with E-state index in [1.54, 1.807) is 0 Å². The number of hydrogen-bond acceptors (Lipinski definition) is 3. The zero-order chi connectivity index (χ0) is 13.8. The normalized spacial score (nSPS) is 25.5. The van der Waals surface area contributed by atoms with Crippen LogP contribution in [0.15, 0.2) is 0 Å². The molecule has 0 spiro atoms. The van der Waals surface area contributed by atoms with Crippen LogP contribution >= 0.6 is 0 Å². The topological polar surface area (TPSA) is 42.7 Å². The van der Waals surface area contributed by atoms with Gasteiger partial charge in [0.2, 0.25) is 0 Å². The van der Waals surface area contributed by atoms with E-state index in [1.165, 1.54) is 25.7 Å². The van der Waals surface area contributed by atoms with Crippen molar-refractivity contribution in [1.29, 1.82) is 0 Å². The molecule has 1 aliphatic rings. The first-order valence-electron chi connectivity index (χ1n) is 7.73. The van der Waals surface area contributed by atoms with Gasteiger partial charge in [-0.15, -0.1) is 10.2 Å². The molecule has 0 amide bonds. The van der Waals surface area contributed by atoms with Crippen molar-refractivity contribution in [3.05, 3.63) is 11.6 Å². The lowest BCUT2D eigenvalue weighted by atomic mass is 9.79. The van der Waals surface area contributed by atoms with Crippen LogP contribution in [0.1, 0.15) is 58.1 Å². The first-order valence-corrected chi connectivity index (χ1v) is 7.73. The second-order valence-electron chi connectivity index (χ2n) is 6.11. The fourth-order valence-electron chi connectivity index (χ4n) is 3.32. The third-order valence-corrected chi connectivity index (χ3v) is 4.59. The summed E-state index contributed by atoms with van der Waals surface area (Å²) >= 11 is 0. The highest BCUT2D eigenvalue weighted by atomic mass is 15.3. The molecular weight excluding hydrogens is 236 g/mol. The van der Waals surface area contributed by atoms with Gasteiger partial charge in [0.15, 0.2) is 0 Å². The summed E-state index contributed by atoms with van der Waals surface area (Å²) in [4.78, 5) is 0. The summed E-state index contributed by atoms with van der Waals surface area (Å²) in [7, 11) is 0. The maximum Gasteiger partial charge on any atom is 0.146 e. The number of nitrogens with one attached hydrogen (secondary N) is 1. The summed E-state index contributed by atoms with van der Waals surface area (Å²) in [6, 6.07) is 0.574. The quantitative estimate of drug-likeness (QED) is 0.889. The number of rotatable bonds is 5. The SMILES string of the molecule is CCn1c(C)nnc1CNC(C)C1CCCC(C)C1. The van der Waals surface area contributed by atoms with E-state index < -0.39 is 0 Å². The van der Waals surface area contributed by atoms with Gasteiger partial charge in [0, 0.05) is 12.6 Å². The van der Waals surface area contributed by atoms with Crippen molar-refractivity contribution in [3.63, 3.8) is 0 Å². The molecule has 1 aromatic rings. The molecule has 4 heteroatoms. The van der Waals surface area contributed by atoms with Gasteiger partial charge in [-0.1, -0.05) is 19.8 Å². The summed E-state index contributed by atoms with van der Waals surface area (Å²) in [6.45, 7) is 10.7. The number of aromatic nitrogens is 3. The summed E-state index contributed by atoms with van der Waals surface area (Å²) in [5.41, 5.74) is 0. The maximum absolute atomic E-state index is 4.27. The highest BCUT2D eigenvalue weighted by Gasteiger charge is 2.23. The van der Waals surface area contributed by atoms with E-state index in [-0.39, 0.29) is 0 Å². The van der Waals surface area contributed by atoms with E-state index in [0.717, 1.165) is 36.6 Å². The summed E-state index contributed by atoms with van der Waals surface area (Å²) in [6.07, 6.45) is 5.54. The monoisotopic (exact) mass is 264 g/mol. The van der Waals surface area contributed by atoms with Crippen molar-refractivity contribution in [2.45, 2.75) is 72.5 Å². The van der Waals surface area contributed by atoms with E-state index in [9.17, 15) is 0 Å². The third kappa shape index (κ3) is 3.56. The lowest BCUT2D eigenvalue weighted by molar-refractivity contribution is 0.229. The Kier molecular flexibility index (Phi) is 4.97. The minimum atomic E-state index is 0.574. The average Bonchev–Trinajstić information content (AvgIpc) is 2.76. The van der Waals surface area contributed by atoms with Crippen molar-refractivity contribution >= 4 is 0 Å². The maximum atomic E-state index is 4.27. The molecule has 1 aromatic heterocycles. The lowest BCUT2D eigenvalue weighted by Crippen LogP contribution is -2.36. The minimum absolute atomic E-state index is 0.574. The van der Waals surface area contributed by atoms with E-state index in [2.05, 4.69) is 40.9 Å². The fraction of sp³-hybridized carbons (Fsp3) is 0.867. The minimum Gasteiger partial charge on any atom is -0.314 e. The fourth-order valence-corrected chi connectivity index (χ4v) is 3.32. The van der Waals surface area contributed by atoms with Gasteiger partial charge in [0.25, 0.3) is 0 Å². The molecule has 3 atom stereocenters. The van der Waals surface area contributed by atoms with Gasteiger partial charge in [0.1, 0.15) is 11.6 Å². The molecule has 1 heterocycles. The highest BCUT2D eigenvalue weighted by Crippen LogP contribution is 2.30. The Balaban J connectivity index is 1.87. The van der Waals surface area contributed by atoms with Gasteiger partial charge in [-0.3, -0.25) is 0 Å². The van der Waals surface area contributed by atoms with E-state index in [1.807, 2.05) is 6.92 Å². The third-order valence-electron chi connectivity index (χ3n) is 4.59. The molecule has 1 N–H and O–H groups in total. The average molecular weight is 264 g/mol. The summed E-state index contributed by atoms with van der Waals surface area (Å²) < 4.78 is 2.18. The molecule has 108 valence electrons. The van der Waals surface area contributed by atoms with Gasteiger partial charge in [-0.05, 0) is 45.4 Å². The molecular formula is C15H28N4. The predicted molar refractivity (Wildman–Crippen MR) is 77.9 cm³/mol. The molecule has 0 saturated heterocycles. The van der Waals surface area contributed by atoms with Gasteiger partial charge < -0.3 is 9.88 Å². The molecule has 1 aliphatic carbocycles. The molecule has 4 nitrogen and oxygen atoms in total. The molecule has 0 radical (unpaired) electrons. The smallest absolute Gasteiger partial charge is 0.146 e. The molecule has 0 aliphatic heterocycles. The zero-order valence-corrected chi connectivity index (χ0v) is 12.8. The van der Waals surface area contributed by atoms with Crippen LogP contribution in [0.2, 0.25) is 0 Å². The Morgan fingerprint density at radius 1 is 1.37 bits per heavy atom. The molecule has 0 bridgehead atoms. The molecule has 1 fully saturated rings. The second-order valence-corrected chi connectivity index (χ2v) is 6.11. The summed E-state index contributed by atoms with van der Waals surface area (Å²) in [5, 5.41) is 12.1. The predicted octanol–water partition coefficient (Wildman–Crippen LogP) is 2.91. The first kappa shape index (κ1) is 14.5. The molecule has 1 saturated carbocycles. The Hall–Kier alpha value is -0.900. The highest BCUT2D eigenvalue weighted by molar-refractivity contribution is 4.94. The molecule has 19 heavy (non-hydrogen) atoms. The van der Waals surface area contributed by atoms with Crippen molar-refractivity contribution in [3.8, 4) is 0 Å². The van der Waals surface area contributed by atoms with Crippen LogP contribution in [0, 0.1) is 18.8 Å². The Bertz CT molecular complexity index is 399. The molecule has 0 aromatic carbocycles. The van der Waals surface area contributed by atoms with Crippen LogP contribution < -0.4 is 5.32 Å². The van der Waals surface area contributed by atoms with Crippen LogP contribution in [-0.2, 0) is 13.1 Å². The van der Waals surface area contributed by atoms with Crippen LogP contribution in [0.4, 0.5) is 0 Å². The van der Waals surface area contributed by atoms with Gasteiger partial charge >= 0.3 is 0 Å². The Morgan fingerprint density at radius 3 is 2.84 bits per heavy atom. The number of aryl methyl sites for hydroxylation is 1. The van der Waals surface area contributed by atoms with Gasteiger partial charge in [-0.25, -0.2) is 0 Å². The van der Waals surface area contributed by atoms with Crippen LogP contribution in [0.5, 0.6) is 0 Å². The van der Waals surface area contributed by atoms with Crippen molar-refractivity contribution in [1.82, 2.24) is 20.1 Å². The van der Waals surface area contributed by atoms with Crippen molar-refractivity contribution in [2.75, 3.05) is 0 Å². The largest absolute Gasteiger partial charge is 0.314 e. The van der Waals surface area contributed by atoms with E-state index in [0.29, 0.717) is 6.04 Å². The molecule has 3 unspecified atom stereocenters. The second kappa shape index (κ2) is 6.51. The van der Waals surface area contributed by atoms with Crippen molar-refractivity contribution in [2.24, 2.45) is 11.8 Å². The van der Waals surface area contributed by atoms with Crippen molar-refractivity contribution < 1.29 is 0 Å². The molecule has 2 rings (SSSR count). The Labute approximate surface area is 117 Å². The number of hydrogen-bond donors (Lipinski definition) is 1. The number of nitrogens with zero attached hydrogens (tertiary/aromatic N) is 3. The zero-order valence-electron chi connectivity index (χ0n) is 12.8. The van der Waals surface area contributed by atoms with Gasteiger partial charge in [-0.2, -0.15) is 0 Å². The Morgan fingerprint density at radius 2 is 2.16 bits per heavy atom. The van der Waals surface area contributed by atoms with E-state index in [4.69, 9.17) is 0 Å². The van der Waals surface area contributed by atoms with Crippen LogP contribution in [-0.4, -0.2) is 20.8 Å². The van der Waals surface area contributed by atoms with Gasteiger partial charge in [0.05, 0.1) is 6.54 Å². The van der Waals surface area contributed by atoms with Crippen LogP contribution in [0.3, 0.4) is 0 Å². The lowest BCUT2D eigenvalue weighted by Gasteiger charge is -2.31. The van der Waals surface area contributed by atoms with Crippen LogP contribution in [0.25, 0.3) is 0 Å². The first-order chi connectivity index (χ1) is 9.11. The van der Waals surface area contributed by atoms with E-state index >= 15 is 0 Å². The summed E-state index contributed by atoms with van der Waals surface area (Å²) in [5.74, 6) is 3.79.